The predicted molar refractivity (Wildman–Crippen MR) is 411 cm³/mol. The zero-order valence-electron chi connectivity index (χ0n) is 71.7. The highest BCUT2D eigenvalue weighted by Gasteiger charge is 2.72. The number of fused-ring (bicyclic) bond motifs is 7. The molecule has 0 aromatic carbocycles. The van der Waals surface area contributed by atoms with E-state index in [0.717, 1.165) is 11.9 Å². The zero-order valence-corrected chi connectivity index (χ0v) is 71.7. The number of carbonyl (C=O) groups excluding carboxylic acids is 2. The van der Waals surface area contributed by atoms with Gasteiger partial charge in [0.2, 0.25) is 6.29 Å². The molecule has 45 heteroatoms. The molecule has 127 heavy (non-hydrogen) atoms. The third kappa shape index (κ3) is 18.0. The maximum atomic E-state index is 16.0. The number of esters is 1. The van der Waals surface area contributed by atoms with Crippen LogP contribution in [0.5, 0.6) is 0 Å². The van der Waals surface area contributed by atoms with Crippen LogP contribution < -0.4 is 0 Å². The van der Waals surface area contributed by atoms with Crippen LogP contribution in [-0.4, -0.2) is 444 Å². The van der Waals surface area contributed by atoms with Crippen LogP contribution in [-0.2, 0) is 99.6 Å². The molecular weight excluding hydrogens is 1700 g/mol. The van der Waals surface area contributed by atoms with Crippen molar-refractivity contribution in [3.63, 3.8) is 0 Å². The molecule has 0 aromatic rings. The van der Waals surface area contributed by atoms with E-state index in [1.165, 1.54) is 20.8 Å². The molecule has 0 amide bonds. The zero-order chi connectivity index (χ0) is 92.6. The third-order valence-electron chi connectivity index (χ3n) is 31.0. The second kappa shape index (κ2) is 38.4. The van der Waals surface area contributed by atoms with Crippen LogP contribution in [0.4, 0.5) is 0 Å². The van der Waals surface area contributed by atoms with Gasteiger partial charge in [-0.25, -0.2) is 4.79 Å². The fourth-order valence-corrected chi connectivity index (χ4v) is 22.9. The first-order valence-corrected chi connectivity index (χ1v) is 43.8. The number of aliphatic carboxylic acids is 1. The Morgan fingerprint density at radius 3 is 1.44 bits per heavy atom. The molecule has 9 aliphatic heterocycles. The number of hydrogen-bond acceptors (Lipinski definition) is 44. The number of rotatable bonds is 23. The maximum Gasteiger partial charge on any atom is 0.335 e. The number of carboxylic acid groups (broad SMARTS) is 1. The molecular formula is C82H130O45. The number of hydrogen-bond donors (Lipinski definition) is 24. The van der Waals surface area contributed by atoms with Gasteiger partial charge >= 0.3 is 11.9 Å². The molecule has 24 N–H and O–H groups in total. The smallest absolute Gasteiger partial charge is 0.335 e. The molecule has 52 atom stereocenters. The number of aliphatic hydroxyl groups excluding tert-OH is 23. The van der Waals surface area contributed by atoms with E-state index in [0.29, 0.717) is 44.9 Å². The van der Waals surface area contributed by atoms with Crippen LogP contribution in [0.15, 0.2) is 11.6 Å². The summed E-state index contributed by atoms with van der Waals surface area (Å²) in [5.74, 6) is -4.02. The summed E-state index contributed by atoms with van der Waals surface area (Å²) in [6.07, 6.45) is -78.2. The van der Waals surface area contributed by atoms with Crippen LogP contribution in [0.3, 0.4) is 0 Å². The van der Waals surface area contributed by atoms with Crippen molar-refractivity contribution in [2.75, 3.05) is 33.0 Å². The van der Waals surface area contributed by atoms with Crippen LogP contribution >= 0.6 is 0 Å². The van der Waals surface area contributed by atoms with Crippen molar-refractivity contribution in [2.24, 2.45) is 50.2 Å². The van der Waals surface area contributed by atoms with Crippen molar-refractivity contribution < 1.29 is 222 Å². The molecule has 0 spiro atoms. The minimum atomic E-state index is -2.47. The Morgan fingerprint density at radius 2 is 0.858 bits per heavy atom. The Bertz CT molecular complexity index is 3760. The lowest BCUT2D eigenvalue weighted by Crippen LogP contribution is -2.70. The molecule has 0 unspecified atom stereocenters. The maximum absolute atomic E-state index is 16.0. The standard InChI is InChI=1S/C82H130O45/c1-27-40(88)47(95)55(103)67(113-27)112-25-36-59(120-70-56(104)48(96)41(89)28(2)114-70)52(100)58(106)72(118-36)122-60-50(98)42(90)29(3)115-73(60)127-76(109)82-18-16-77(4,5)20-31(82)30-10-11-38-78(6)14-13-39(79(7,26-85)37(78)12-15-81(38,9)80(30,8)17-19-82)119-75-65(126-69-54(102)44(92)33(87)24-111-69)63(62(64(125-75)66(107)108)123-71-57(105)49(97)45(93)34(21-83)116-71)124-74-61(51(99)46(94)35(22-84)117-74)121-68-53(101)43(91)32(86)23-110-68/h10,26-29,31-65,67-75,83-84,86-106H,11-25H2,1-9H3,(H,107,108)/t27-,28-,29-,31+,32-,33-,34-,35+,36+,37+,38+,39+,40+,41-,42+,43+,44-,45-,46-,47-,48+,49-,50+,51+,52+,53+,54-,55-,56-,57+,58+,59-,60-,61+,62-,63+,64-,65-,67+,68-,69-,70-,71-,72+,73+,74-,75-,78-,79+,80-,81+,82+/m0/s1. The Hall–Kier alpha value is -3.25. The van der Waals surface area contributed by atoms with Gasteiger partial charge in [0, 0.05) is 0 Å². The topological polar surface area (TPSA) is 703 Å². The van der Waals surface area contributed by atoms with E-state index in [2.05, 4.69) is 40.7 Å². The highest BCUT2D eigenvalue weighted by atomic mass is 16.8. The highest BCUT2D eigenvalue weighted by molar-refractivity contribution is 5.79. The number of carbonyl (C=O) groups is 3. The first kappa shape index (κ1) is 99.7. The summed E-state index contributed by atoms with van der Waals surface area (Å²) in [7, 11) is 0. The Labute approximate surface area is 729 Å². The number of carboxylic acids is 1. The lowest BCUT2D eigenvalue weighted by molar-refractivity contribution is -0.414. The van der Waals surface area contributed by atoms with E-state index in [1.807, 2.05) is 0 Å². The van der Waals surface area contributed by atoms with Gasteiger partial charge in [0.25, 0.3) is 0 Å². The molecule has 9 heterocycles. The Morgan fingerprint density at radius 1 is 0.417 bits per heavy atom. The molecule has 0 aromatic heterocycles. The predicted octanol–water partition coefficient (Wildman–Crippen LogP) is -9.28. The fraction of sp³-hybridized carbons (Fsp3) is 0.939. The van der Waals surface area contributed by atoms with Crippen LogP contribution in [0.1, 0.15) is 127 Å². The summed E-state index contributed by atoms with van der Waals surface area (Å²) >= 11 is 0. The van der Waals surface area contributed by atoms with Gasteiger partial charge < -0.3 is 213 Å². The normalized spacial score (nSPS) is 54.9. The first-order valence-electron chi connectivity index (χ1n) is 43.8. The van der Waals surface area contributed by atoms with Crippen LogP contribution in [0, 0.1) is 50.2 Å². The Kier molecular flexibility index (Phi) is 30.1. The molecule has 728 valence electrons. The lowest BCUT2D eigenvalue weighted by atomic mass is 9.33. The van der Waals surface area contributed by atoms with Gasteiger partial charge in [-0.3, -0.25) is 4.79 Å². The minimum Gasteiger partial charge on any atom is -0.479 e. The van der Waals surface area contributed by atoms with Crippen LogP contribution in [0.2, 0.25) is 0 Å². The van der Waals surface area contributed by atoms with Gasteiger partial charge in [-0.05, 0) is 124 Å². The van der Waals surface area contributed by atoms with Gasteiger partial charge in [0.05, 0.1) is 68.3 Å². The number of allylic oxidation sites excluding steroid dienone is 2. The molecule has 4 saturated carbocycles. The van der Waals surface area contributed by atoms with Crippen molar-refractivity contribution in [1.29, 1.82) is 0 Å². The van der Waals surface area contributed by atoms with Gasteiger partial charge in [0.1, 0.15) is 183 Å². The number of aliphatic hydroxyl groups is 23. The molecule has 14 aliphatic rings. The summed E-state index contributed by atoms with van der Waals surface area (Å²) in [5, 5.41) is 267. The quantitative estimate of drug-likeness (QED) is 0.0195. The van der Waals surface area contributed by atoms with E-state index in [4.69, 9.17) is 85.3 Å². The van der Waals surface area contributed by atoms with E-state index in [-0.39, 0.29) is 30.6 Å². The summed E-state index contributed by atoms with van der Waals surface area (Å²) in [4.78, 5) is 44.9. The third-order valence-corrected chi connectivity index (χ3v) is 31.0. The van der Waals surface area contributed by atoms with E-state index in [1.54, 1.807) is 6.92 Å². The minimum absolute atomic E-state index is 0.0122. The average Bonchev–Trinajstić information content (AvgIpc) is 0.672. The summed E-state index contributed by atoms with van der Waals surface area (Å²) in [6.45, 7) is 12.2. The van der Waals surface area contributed by atoms with Gasteiger partial charge in [-0.2, -0.15) is 0 Å². The average molecular weight is 1840 g/mol. The van der Waals surface area contributed by atoms with Gasteiger partial charge in [-0.1, -0.05) is 53.2 Å². The molecule has 0 bridgehead atoms. The fourth-order valence-electron chi connectivity index (χ4n) is 22.9. The largest absolute Gasteiger partial charge is 0.479 e. The van der Waals surface area contributed by atoms with Crippen molar-refractivity contribution in [2.45, 2.75) is 397 Å². The monoisotopic (exact) mass is 1830 g/mol. The second-order valence-corrected chi connectivity index (χ2v) is 39.1. The Balaban J connectivity index is 0.752. The summed E-state index contributed by atoms with van der Waals surface area (Å²) in [5.41, 5.74) is -4.39. The molecule has 5 aliphatic carbocycles. The van der Waals surface area contributed by atoms with Gasteiger partial charge in [-0.15, -0.1) is 0 Å². The number of aldehydes is 1. The summed E-state index contributed by atoms with van der Waals surface area (Å²) < 4.78 is 110. The summed E-state index contributed by atoms with van der Waals surface area (Å²) in [6, 6.07) is 0. The SMILES string of the molecule is C[C@@H]1O[C@@H](O[C@@H]2[C@H](O)[C@@H](O)[C@@H](O[C@@H]3[C@@H](OC(=O)[C@@]45CCC(C)(C)C[C@@H]4C4=CC[C@@H]6[C@@]7(C)CC[C@@H](O[C@H]8O[C@H](C(=O)O)[C@@H](O[C@@H]9O[C@@H](CO)[C@H](O)[C@H](O)[C@H]9O)[C@@H](O[C@@H]9O[C@H](CO)[C@H](O)[C@@H](O)[C@H]9O[C@@H]9OC[C@H](O)[C@@H](O)[C@H]9O)[C@@H]8O[C@@H]8OC[C@H](O)[C@H](O)[C@@H]8O)[C@](C)(C=O)[C@@H]7CC[C@@]6(C)[C@@]4(C)CC5)O[C@@H](C)[C@@H](O)[C@H]3O)O[C@@H]2CO[C@@H]2O[C@@H](C)[C@@H](O)[C@H](O)[C@@H]2O)[C@@H](O)[C@H](O)[C@H]1O. The highest BCUT2D eigenvalue weighted by Crippen LogP contribution is 2.76. The molecule has 14 rings (SSSR count). The van der Waals surface area contributed by atoms with Crippen molar-refractivity contribution >= 4 is 18.2 Å². The van der Waals surface area contributed by atoms with E-state index >= 15 is 4.79 Å². The molecule has 45 nitrogen and oxygen atoms in total. The van der Waals surface area contributed by atoms with Crippen molar-refractivity contribution in [3.8, 4) is 0 Å². The van der Waals surface area contributed by atoms with Crippen molar-refractivity contribution in [3.05, 3.63) is 11.6 Å². The lowest BCUT2D eigenvalue weighted by Gasteiger charge is -2.71. The van der Waals surface area contributed by atoms with Crippen LogP contribution in [0.25, 0.3) is 0 Å². The van der Waals surface area contributed by atoms with E-state index < -0.39 is 354 Å². The van der Waals surface area contributed by atoms with Gasteiger partial charge in [0.15, 0.2) is 62.5 Å². The molecule has 13 fully saturated rings. The number of ether oxygens (including phenoxy) is 18. The van der Waals surface area contributed by atoms with E-state index in [9.17, 15) is 132 Å². The van der Waals surface area contributed by atoms with Crippen molar-refractivity contribution in [1.82, 2.24) is 0 Å². The second-order valence-electron chi connectivity index (χ2n) is 39.1. The molecule has 9 saturated heterocycles. The molecule has 0 radical (unpaired) electrons. The first-order chi connectivity index (χ1) is 59.7.